The average Bonchev–Trinajstić information content (AvgIpc) is 3.33. The number of amides is 1. The largest absolute Gasteiger partial charge is 0.338 e. The standard InChI is InChI=1S/C17H18ClFN4O/c18-15-4-3-12(19)9-14(15)17(24)22-7-5-13(6-8-22)23-10-20-21-16(23)11-1-2-11/h3-4,9-11,13H,1-2,5-8H2. The van der Waals surface area contributed by atoms with E-state index < -0.39 is 5.82 Å². The van der Waals surface area contributed by atoms with E-state index in [4.69, 9.17) is 11.6 Å². The molecular formula is C17H18ClFN4O. The van der Waals surface area contributed by atoms with Crippen LogP contribution in [0.1, 0.15) is 53.8 Å². The van der Waals surface area contributed by atoms with Gasteiger partial charge in [-0.05, 0) is 43.9 Å². The zero-order valence-corrected chi connectivity index (χ0v) is 13.9. The maximum Gasteiger partial charge on any atom is 0.255 e. The molecule has 2 heterocycles. The van der Waals surface area contributed by atoms with Crippen molar-refractivity contribution in [3.8, 4) is 0 Å². The van der Waals surface area contributed by atoms with Crippen molar-refractivity contribution < 1.29 is 9.18 Å². The van der Waals surface area contributed by atoms with Crippen LogP contribution in [0, 0.1) is 5.82 Å². The second-order valence-corrected chi connectivity index (χ2v) is 6.93. The molecule has 0 N–H and O–H groups in total. The molecule has 0 unspecified atom stereocenters. The minimum absolute atomic E-state index is 0.205. The van der Waals surface area contributed by atoms with Crippen molar-refractivity contribution in [2.45, 2.75) is 37.6 Å². The Bertz CT molecular complexity index is 766. The molecule has 0 bridgehead atoms. The van der Waals surface area contributed by atoms with Gasteiger partial charge in [0.2, 0.25) is 0 Å². The number of likely N-dealkylation sites (tertiary alicyclic amines) is 1. The van der Waals surface area contributed by atoms with E-state index in [2.05, 4.69) is 14.8 Å². The summed E-state index contributed by atoms with van der Waals surface area (Å²) >= 11 is 6.05. The van der Waals surface area contributed by atoms with Crippen molar-refractivity contribution in [1.29, 1.82) is 0 Å². The molecule has 0 spiro atoms. The van der Waals surface area contributed by atoms with Crippen LogP contribution in [-0.2, 0) is 0 Å². The van der Waals surface area contributed by atoms with Gasteiger partial charge >= 0.3 is 0 Å². The molecule has 2 aliphatic rings. The molecule has 24 heavy (non-hydrogen) atoms. The van der Waals surface area contributed by atoms with Gasteiger partial charge in [0.25, 0.3) is 5.91 Å². The van der Waals surface area contributed by atoms with Crippen LogP contribution >= 0.6 is 11.6 Å². The summed E-state index contributed by atoms with van der Waals surface area (Å²) in [5.41, 5.74) is 0.234. The first-order chi connectivity index (χ1) is 11.6. The third-order valence-electron chi connectivity index (χ3n) is 4.85. The number of benzene rings is 1. The fourth-order valence-corrected chi connectivity index (χ4v) is 3.54. The molecular weight excluding hydrogens is 331 g/mol. The van der Waals surface area contributed by atoms with Crippen molar-refractivity contribution in [3.05, 3.63) is 46.8 Å². The maximum atomic E-state index is 13.4. The zero-order valence-electron chi connectivity index (χ0n) is 13.2. The van der Waals surface area contributed by atoms with Crippen LogP contribution in [-0.4, -0.2) is 38.7 Å². The molecule has 1 saturated carbocycles. The van der Waals surface area contributed by atoms with Gasteiger partial charge in [-0.25, -0.2) is 4.39 Å². The number of hydrogen-bond donors (Lipinski definition) is 0. The van der Waals surface area contributed by atoms with E-state index in [9.17, 15) is 9.18 Å². The van der Waals surface area contributed by atoms with E-state index in [1.165, 1.54) is 31.0 Å². The smallest absolute Gasteiger partial charge is 0.255 e. The Kier molecular flexibility index (Phi) is 4.00. The molecule has 1 saturated heterocycles. The quantitative estimate of drug-likeness (QED) is 0.854. The molecule has 1 aliphatic heterocycles. The van der Waals surface area contributed by atoms with Crippen molar-refractivity contribution in [3.63, 3.8) is 0 Å². The predicted molar refractivity (Wildman–Crippen MR) is 87.6 cm³/mol. The number of hydrogen-bond acceptors (Lipinski definition) is 3. The van der Waals surface area contributed by atoms with Crippen molar-refractivity contribution >= 4 is 17.5 Å². The Morgan fingerprint density at radius 3 is 2.67 bits per heavy atom. The molecule has 1 amide bonds. The molecule has 0 atom stereocenters. The maximum absolute atomic E-state index is 13.4. The highest BCUT2D eigenvalue weighted by Crippen LogP contribution is 2.40. The Balaban J connectivity index is 1.45. The minimum atomic E-state index is -0.448. The highest BCUT2D eigenvalue weighted by molar-refractivity contribution is 6.33. The van der Waals surface area contributed by atoms with Gasteiger partial charge in [-0.1, -0.05) is 11.6 Å². The molecule has 2 aromatic rings. The van der Waals surface area contributed by atoms with Gasteiger partial charge in [0.15, 0.2) is 0 Å². The van der Waals surface area contributed by atoms with Gasteiger partial charge in [0.05, 0.1) is 10.6 Å². The van der Waals surface area contributed by atoms with Crippen LogP contribution < -0.4 is 0 Å². The second-order valence-electron chi connectivity index (χ2n) is 6.52. The third-order valence-corrected chi connectivity index (χ3v) is 5.18. The first kappa shape index (κ1) is 15.6. The number of aromatic nitrogens is 3. The summed E-state index contributed by atoms with van der Waals surface area (Å²) in [6.45, 7) is 1.25. The third kappa shape index (κ3) is 2.90. The summed E-state index contributed by atoms with van der Waals surface area (Å²) < 4.78 is 15.6. The van der Waals surface area contributed by atoms with Crippen LogP contribution in [0.4, 0.5) is 4.39 Å². The molecule has 2 fully saturated rings. The van der Waals surface area contributed by atoms with Gasteiger partial charge in [-0.15, -0.1) is 10.2 Å². The lowest BCUT2D eigenvalue weighted by Crippen LogP contribution is -2.39. The number of carbonyl (C=O) groups is 1. The normalized spacial score (nSPS) is 18.8. The van der Waals surface area contributed by atoms with Crippen LogP contribution in [0.15, 0.2) is 24.5 Å². The Hall–Kier alpha value is -1.95. The van der Waals surface area contributed by atoms with E-state index in [1.54, 1.807) is 11.2 Å². The van der Waals surface area contributed by atoms with E-state index in [-0.39, 0.29) is 11.5 Å². The van der Waals surface area contributed by atoms with Crippen LogP contribution in [0.2, 0.25) is 5.02 Å². The molecule has 126 valence electrons. The molecule has 7 heteroatoms. The van der Waals surface area contributed by atoms with Gasteiger partial charge in [-0.3, -0.25) is 4.79 Å². The summed E-state index contributed by atoms with van der Waals surface area (Å²) in [7, 11) is 0. The van der Waals surface area contributed by atoms with E-state index in [0.29, 0.717) is 30.1 Å². The summed E-state index contributed by atoms with van der Waals surface area (Å²) in [6.07, 6.45) is 5.87. The van der Waals surface area contributed by atoms with Gasteiger partial charge in [0, 0.05) is 25.0 Å². The topological polar surface area (TPSA) is 51.0 Å². The molecule has 5 nitrogen and oxygen atoms in total. The molecule has 1 aromatic carbocycles. The fraction of sp³-hybridized carbons (Fsp3) is 0.471. The Labute approximate surface area is 144 Å². The number of piperidine rings is 1. The van der Waals surface area contributed by atoms with E-state index >= 15 is 0 Å². The van der Waals surface area contributed by atoms with Crippen LogP contribution in [0.25, 0.3) is 0 Å². The summed E-state index contributed by atoms with van der Waals surface area (Å²) in [5, 5.41) is 8.59. The van der Waals surface area contributed by atoms with Gasteiger partial charge in [0.1, 0.15) is 18.0 Å². The monoisotopic (exact) mass is 348 g/mol. The van der Waals surface area contributed by atoms with Gasteiger partial charge < -0.3 is 9.47 Å². The SMILES string of the molecule is O=C(c1cc(F)ccc1Cl)N1CCC(n2cnnc2C2CC2)CC1. The minimum Gasteiger partial charge on any atom is -0.338 e. The molecule has 1 aromatic heterocycles. The number of carbonyl (C=O) groups excluding carboxylic acids is 1. The van der Waals surface area contributed by atoms with E-state index in [1.807, 2.05) is 0 Å². The van der Waals surface area contributed by atoms with Crippen molar-refractivity contribution in [1.82, 2.24) is 19.7 Å². The van der Waals surface area contributed by atoms with Gasteiger partial charge in [-0.2, -0.15) is 0 Å². The first-order valence-electron chi connectivity index (χ1n) is 8.27. The van der Waals surface area contributed by atoms with Crippen molar-refractivity contribution in [2.75, 3.05) is 13.1 Å². The molecule has 0 radical (unpaired) electrons. The van der Waals surface area contributed by atoms with Crippen LogP contribution in [0.3, 0.4) is 0 Å². The molecule has 1 aliphatic carbocycles. The Morgan fingerprint density at radius 2 is 1.96 bits per heavy atom. The zero-order chi connectivity index (χ0) is 16.7. The number of halogens is 2. The number of nitrogens with zero attached hydrogens (tertiary/aromatic N) is 4. The highest BCUT2D eigenvalue weighted by Gasteiger charge is 2.32. The fourth-order valence-electron chi connectivity index (χ4n) is 3.35. The summed E-state index contributed by atoms with van der Waals surface area (Å²) in [4.78, 5) is 14.3. The lowest BCUT2D eigenvalue weighted by molar-refractivity contribution is 0.0693. The predicted octanol–water partition coefficient (Wildman–Crippen LogP) is 3.43. The Morgan fingerprint density at radius 1 is 1.21 bits per heavy atom. The van der Waals surface area contributed by atoms with Crippen molar-refractivity contribution in [2.24, 2.45) is 0 Å². The average molecular weight is 349 g/mol. The lowest BCUT2D eigenvalue weighted by Gasteiger charge is -2.33. The van der Waals surface area contributed by atoms with Crippen LogP contribution in [0.5, 0.6) is 0 Å². The lowest BCUT2D eigenvalue weighted by atomic mass is 10.0. The second kappa shape index (κ2) is 6.16. The highest BCUT2D eigenvalue weighted by atomic mass is 35.5. The first-order valence-corrected chi connectivity index (χ1v) is 8.65. The number of rotatable bonds is 3. The summed E-state index contributed by atoms with van der Waals surface area (Å²) in [6, 6.07) is 4.22. The van der Waals surface area contributed by atoms with E-state index in [0.717, 1.165) is 18.7 Å². The summed E-state index contributed by atoms with van der Waals surface area (Å²) in [5.74, 6) is 0.978. The molecule has 4 rings (SSSR count).